The molecule has 0 amide bonds. The van der Waals surface area contributed by atoms with Gasteiger partial charge in [-0.1, -0.05) is 17.7 Å². The van der Waals surface area contributed by atoms with Crippen LogP contribution in [0.3, 0.4) is 0 Å². The van der Waals surface area contributed by atoms with Gasteiger partial charge < -0.3 is 54.7 Å². The first-order chi connectivity index (χ1) is 15.0. The average Bonchev–Trinajstić information content (AvgIpc) is 2.78. The third kappa shape index (κ3) is 6.78. The van der Waals surface area contributed by atoms with E-state index in [0.29, 0.717) is 12.8 Å². The lowest BCUT2D eigenvalue weighted by Crippen LogP contribution is -2.61. The van der Waals surface area contributed by atoms with E-state index in [1.54, 1.807) is 13.8 Å². The molecule has 10 atom stereocenters. The van der Waals surface area contributed by atoms with E-state index in [1.807, 2.05) is 6.08 Å². The predicted octanol–water partition coefficient (Wildman–Crippen LogP) is -2.07. The van der Waals surface area contributed by atoms with Crippen LogP contribution in [0.5, 0.6) is 0 Å². The smallest absolute Gasteiger partial charge is 0.187 e. The van der Waals surface area contributed by atoms with Gasteiger partial charge >= 0.3 is 0 Å². The van der Waals surface area contributed by atoms with Gasteiger partial charge in [-0.15, -0.1) is 6.58 Å². The topological polar surface area (TPSA) is 179 Å². The van der Waals surface area contributed by atoms with Crippen molar-refractivity contribution < 1.29 is 54.7 Å². The highest BCUT2D eigenvalue weighted by Crippen LogP contribution is 2.30. The molecule has 2 heterocycles. The lowest BCUT2D eigenvalue weighted by atomic mass is 9.96. The molecular formula is C21H36O11. The van der Waals surface area contributed by atoms with Crippen molar-refractivity contribution in [1.82, 2.24) is 0 Å². The first kappa shape index (κ1) is 27.3. The Morgan fingerprint density at radius 3 is 2.31 bits per heavy atom. The van der Waals surface area contributed by atoms with Crippen LogP contribution < -0.4 is 0 Å². The number of hydrogen-bond acceptors (Lipinski definition) is 11. The summed E-state index contributed by atoms with van der Waals surface area (Å²) in [5.74, 6) is 0. The second-order valence-corrected chi connectivity index (χ2v) is 8.48. The minimum atomic E-state index is -1.60. The number of rotatable bonds is 10. The molecule has 2 fully saturated rings. The standard InChI is InChI=1S/C21H36O11/c1-4-21(3,7-5-6-11(2)8-22)32-20-18(28)16(26)15(25)13(31-20)10-30-19-17(27)14(24)12(23)9-29-19/h4,6,12-20,22-28H,1,5,7-10H2,2-3H3/b11-6+/t12-,13-,14+,15-,16+,17-,18-,19+,20+,21+/m1/s1. The van der Waals surface area contributed by atoms with Crippen LogP contribution in [0.2, 0.25) is 0 Å². The Morgan fingerprint density at radius 2 is 1.69 bits per heavy atom. The van der Waals surface area contributed by atoms with Crippen LogP contribution in [0.15, 0.2) is 24.3 Å². The molecule has 2 aliphatic rings. The summed E-state index contributed by atoms with van der Waals surface area (Å²) in [5, 5.41) is 69.2. The molecule has 11 nitrogen and oxygen atoms in total. The second kappa shape index (κ2) is 12.0. The minimum absolute atomic E-state index is 0.0583. The molecule has 0 radical (unpaired) electrons. The van der Waals surface area contributed by atoms with Gasteiger partial charge in [-0.25, -0.2) is 0 Å². The third-order valence-corrected chi connectivity index (χ3v) is 5.75. The zero-order chi connectivity index (χ0) is 24.1. The lowest BCUT2D eigenvalue weighted by Gasteiger charge is -2.43. The first-order valence-electron chi connectivity index (χ1n) is 10.6. The number of ether oxygens (including phenoxy) is 4. The Hall–Kier alpha value is -0.960. The lowest BCUT2D eigenvalue weighted by molar-refractivity contribution is -0.333. The molecule has 0 aliphatic carbocycles. The molecule has 186 valence electrons. The maximum absolute atomic E-state index is 10.4. The first-order valence-corrected chi connectivity index (χ1v) is 10.6. The summed E-state index contributed by atoms with van der Waals surface area (Å²) in [4.78, 5) is 0. The van der Waals surface area contributed by atoms with Gasteiger partial charge in [0.05, 0.1) is 25.4 Å². The summed E-state index contributed by atoms with van der Waals surface area (Å²) in [7, 11) is 0. The summed E-state index contributed by atoms with van der Waals surface area (Å²) >= 11 is 0. The Bertz CT molecular complexity index is 629. The van der Waals surface area contributed by atoms with Gasteiger partial charge in [0, 0.05) is 0 Å². The highest BCUT2D eigenvalue weighted by atomic mass is 16.7. The van der Waals surface area contributed by atoms with Gasteiger partial charge in [0.1, 0.15) is 42.7 Å². The van der Waals surface area contributed by atoms with Crippen LogP contribution >= 0.6 is 0 Å². The highest BCUT2D eigenvalue weighted by Gasteiger charge is 2.47. The molecule has 0 bridgehead atoms. The van der Waals surface area contributed by atoms with E-state index in [-0.39, 0.29) is 19.8 Å². The van der Waals surface area contributed by atoms with E-state index in [1.165, 1.54) is 6.08 Å². The number of allylic oxidation sites excluding steroid dienone is 1. The molecule has 0 unspecified atom stereocenters. The number of hydrogen-bond donors (Lipinski definition) is 7. The molecule has 0 aromatic heterocycles. The largest absolute Gasteiger partial charge is 0.392 e. The molecular weight excluding hydrogens is 428 g/mol. The van der Waals surface area contributed by atoms with Crippen molar-refractivity contribution in [2.45, 2.75) is 87.6 Å². The fourth-order valence-electron chi connectivity index (χ4n) is 3.41. The zero-order valence-corrected chi connectivity index (χ0v) is 18.4. The third-order valence-electron chi connectivity index (χ3n) is 5.75. The minimum Gasteiger partial charge on any atom is -0.392 e. The van der Waals surface area contributed by atoms with E-state index in [0.717, 1.165) is 5.57 Å². The van der Waals surface area contributed by atoms with Crippen LogP contribution in [0.25, 0.3) is 0 Å². The van der Waals surface area contributed by atoms with Crippen molar-refractivity contribution in [3.63, 3.8) is 0 Å². The molecule has 0 saturated carbocycles. The van der Waals surface area contributed by atoms with Crippen molar-refractivity contribution in [3.05, 3.63) is 24.3 Å². The molecule has 0 aromatic carbocycles. The van der Waals surface area contributed by atoms with Crippen LogP contribution in [-0.4, -0.2) is 116 Å². The van der Waals surface area contributed by atoms with Crippen LogP contribution in [-0.2, 0) is 18.9 Å². The monoisotopic (exact) mass is 464 g/mol. The highest BCUT2D eigenvalue weighted by molar-refractivity contribution is 5.02. The van der Waals surface area contributed by atoms with Crippen LogP contribution in [0.4, 0.5) is 0 Å². The van der Waals surface area contributed by atoms with Gasteiger partial charge in [0.15, 0.2) is 12.6 Å². The molecule has 11 heteroatoms. The Kier molecular flexibility index (Phi) is 10.2. The molecule has 0 aromatic rings. The van der Waals surface area contributed by atoms with E-state index in [4.69, 9.17) is 24.1 Å². The van der Waals surface area contributed by atoms with E-state index in [9.17, 15) is 30.6 Å². The summed E-state index contributed by atoms with van der Waals surface area (Å²) < 4.78 is 22.1. The predicted molar refractivity (Wildman–Crippen MR) is 110 cm³/mol. The molecule has 2 aliphatic heterocycles. The normalized spacial score (nSPS) is 40.7. The van der Waals surface area contributed by atoms with Gasteiger partial charge in [0.25, 0.3) is 0 Å². The summed E-state index contributed by atoms with van der Waals surface area (Å²) in [6, 6.07) is 0. The quantitative estimate of drug-likeness (QED) is 0.177. The van der Waals surface area contributed by atoms with Crippen molar-refractivity contribution in [1.29, 1.82) is 0 Å². The van der Waals surface area contributed by atoms with Crippen molar-refractivity contribution in [2.75, 3.05) is 19.8 Å². The van der Waals surface area contributed by atoms with Gasteiger partial charge in [-0.05, 0) is 26.7 Å². The maximum atomic E-state index is 10.4. The maximum Gasteiger partial charge on any atom is 0.187 e. The average molecular weight is 465 g/mol. The van der Waals surface area contributed by atoms with Crippen LogP contribution in [0, 0.1) is 0 Å². The Morgan fingerprint density at radius 1 is 1.03 bits per heavy atom. The zero-order valence-electron chi connectivity index (χ0n) is 18.4. The molecule has 7 N–H and O–H groups in total. The van der Waals surface area contributed by atoms with Gasteiger partial charge in [-0.3, -0.25) is 0 Å². The van der Waals surface area contributed by atoms with Crippen LogP contribution in [0.1, 0.15) is 26.7 Å². The summed E-state index contributed by atoms with van der Waals surface area (Å²) in [5.41, 5.74) is -0.153. The van der Waals surface area contributed by atoms with E-state index >= 15 is 0 Å². The molecule has 2 saturated heterocycles. The molecule has 2 rings (SSSR count). The number of aliphatic hydroxyl groups excluding tert-OH is 7. The fraction of sp³-hybridized carbons (Fsp3) is 0.810. The molecule has 32 heavy (non-hydrogen) atoms. The second-order valence-electron chi connectivity index (χ2n) is 8.48. The van der Waals surface area contributed by atoms with Crippen molar-refractivity contribution >= 4 is 0 Å². The summed E-state index contributed by atoms with van der Waals surface area (Å²) in [6.07, 6.45) is -8.30. The number of aliphatic hydroxyl groups is 7. The van der Waals surface area contributed by atoms with E-state index < -0.39 is 60.9 Å². The van der Waals surface area contributed by atoms with Crippen molar-refractivity contribution in [3.8, 4) is 0 Å². The Balaban J connectivity index is 2.00. The van der Waals surface area contributed by atoms with E-state index in [2.05, 4.69) is 6.58 Å². The SMILES string of the molecule is C=C[C@@](C)(CC/C=C(\C)CO)O[C@@H]1O[C@H](CO[C@@H]2OC[C@@H](O)[C@H](O)[C@H]2O)[C@@H](O)[C@H](O)[C@H]1O. The fourth-order valence-corrected chi connectivity index (χ4v) is 3.41. The summed E-state index contributed by atoms with van der Waals surface area (Å²) in [6.45, 7) is 6.59. The Labute approximate surface area is 187 Å². The van der Waals surface area contributed by atoms with Gasteiger partial charge in [-0.2, -0.15) is 0 Å². The van der Waals surface area contributed by atoms with Gasteiger partial charge in [0.2, 0.25) is 0 Å². The molecule has 0 spiro atoms. The van der Waals surface area contributed by atoms with Crippen molar-refractivity contribution in [2.24, 2.45) is 0 Å².